The van der Waals surface area contributed by atoms with Gasteiger partial charge in [-0.05, 0) is 43.2 Å². The zero-order chi connectivity index (χ0) is 21.3. The van der Waals surface area contributed by atoms with Crippen LogP contribution >= 0.6 is 27.7 Å². The molecule has 1 aliphatic rings. The number of nitrogens with zero attached hydrogens (tertiary/aromatic N) is 3. The van der Waals surface area contributed by atoms with Crippen molar-refractivity contribution >= 4 is 50.2 Å². The van der Waals surface area contributed by atoms with Crippen molar-refractivity contribution in [2.75, 3.05) is 24.4 Å². The minimum absolute atomic E-state index is 0.0147. The molecule has 2 aromatic carbocycles. The van der Waals surface area contributed by atoms with Crippen molar-refractivity contribution in [3.63, 3.8) is 0 Å². The second-order valence-corrected chi connectivity index (χ2v) is 9.10. The van der Waals surface area contributed by atoms with Gasteiger partial charge in [0, 0.05) is 23.3 Å². The van der Waals surface area contributed by atoms with Crippen molar-refractivity contribution in [3.8, 4) is 0 Å². The van der Waals surface area contributed by atoms with Crippen LogP contribution in [0, 0.1) is 0 Å². The molecule has 1 aliphatic heterocycles. The molecular formula is C22H22BrN3O3S. The first-order valence-electron chi connectivity index (χ1n) is 9.71. The standard InChI is InChI=1S/C22H22BrN3O3S/c1-14-11-15-5-3-4-6-19(15)26(14)20(27)13-30-22-24-18-8-7-16(23)12-17(18)21(28)25(22)9-10-29-2/h3-8,12,14H,9-11,13H2,1-2H3. The highest BCUT2D eigenvalue weighted by Gasteiger charge is 2.30. The number of amides is 1. The van der Waals surface area contributed by atoms with E-state index < -0.39 is 0 Å². The molecule has 1 aromatic heterocycles. The molecule has 156 valence electrons. The maximum Gasteiger partial charge on any atom is 0.262 e. The number of rotatable bonds is 6. The lowest BCUT2D eigenvalue weighted by atomic mass is 10.1. The van der Waals surface area contributed by atoms with E-state index in [4.69, 9.17) is 4.74 Å². The Morgan fingerprint density at radius 3 is 2.90 bits per heavy atom. The first-order valence-corrected chi connectivity index (χ1v) is 11.5. The summed E-state index contributed by atoms with van der Waals surface area (Å²) in [5.74, 6) is 0.223. The largest absolute Gasteiger partial charge is 0.383 e. The van der Waals surface area contributed by atoms with Crippen LogP contribution in [0.25, 0.3) is 10.9 Å². The van der Waals surface area contributed by atoms with Gasteiger partial charge in [-0.2, -0.15) is 0 Å². The van der Waals surface area contributed by atoms with Gasteiger partial charge in [-0.15, -0.1) is 0 Å². The molecule has 1 atom stereocenters. The number of carbonyl (C=O) groups excluding carboxylic acids is 1. The van der Waals surface area contributed by atoms with Gasteiger partial charge in [-0.25, -0.2) is 4.98 Å². The lowest BCUT2D eigenvalue weighted by Crippen LogP contribution is -2.37. The number of para-hydroxylation sites is 1. The van der Waals surface area contributed by atoms with E-state index in [0.29, 0.717) is 29.2 Å². The molecule has 0 spiro atoms. The van der Waals surface area contributed by atoms with E-state index in [2.05, 4.69) is 33.9 Å². The predicted molar refractivity (Wildman–Crippen MR) is 123 cm³/mol. The van der Waals surface area contributed by atoms with Crippen molar-refractivity contribution in [1.29, 1.82) is 0 Å². The minimum Gasteiger partial charge on any atom is -0.383 e. The van der Waals surface area contributed by atoms with Gasteiger partial charge in [-0.3, -0.25) is 14.2 Å². The Bertz CT molecular complexity index is 1160. The molecular weight excluding hydrogens is 466 g/mol. The van der Waals surface area contributed by atoms with E-state index in [0.717, 1.165) is 16.6 Å². The molecule has 30 heavy (non-hydrogen) atoms. The fourth-order valence-electron chi connectivity index (χ4n) is 3.80. The van der Waals surface area contributed by atoms with Crippen LogP contribution in [0.15, 0.2) is 56.9 Å². The van der Waals surface area contributed by atoms with E-state index in [1.54, 1.807) is 17.7 Å². The smallest absolute Gasteiger partial charge is 0.262 e. The molecule has 0 saturated carbocycles. The Balaban J connectivity index is 1.62. The number of benzene rings is 2. The first kappa shape index (κ1) is 21.1. The summed E-state index contributed by atoms with van der Waals surface area (Å²) in [5, 5.41) is 1.07. The molecule has 0 fully saturated rings. The number of anilines is 1. The summed E-state index contributed by atoms with van der Waals surface area (Å²) in [6.07, 6.45) is 0.855. The fraction of sp³-hybridized carbons (Fsp3) is 0.318. The highest BCUT2D eigenvalue weighted by Crippen LogP contribution is 2.32. The quantitative estimate of drug-likeness (QED) is 0.390. The normalized spacial score (nSPS) is 15.6. The molecule has 1 amide bonds. The SMILES string of the molecule is COCCn1c(SCC(=O)N2c3ccccc3CC2C)nc2ccc(Br)cc2c1=O. The Kier molecular flexibility index (Phi) is 6.26. The van der Waals surface area contributed by atoms with E-state index >= 15 is 0 Å². The molecule has 0 N–H and O–H groups in total. The summed E-state index contributed by atoms with van der Waals surface area (Å²) in [6.45, 7) is 2.83. The van der Waals surface area contributed by atoms with E-state index in [1.807, 2.05) is 35.2 Å². The average molecular weight is 488 g/mol. The number of methoxy groups -OCH3 is 1. The van der Waals surface area contributed by atoms with Crippen molar-refractivity contribution in [3.05, 3.63) is 62.9 Å². The zero-order valence-corrected chi connectivity index (χ0v) is 19.2. The Hall–Kier alpha value is -2.16. The summed E-state index contributed by atoms with van der Waals surface area (Å²) in [4.78, 5) is 32.7. The second kappa shape index (κ2) is 8.91. The Morgan fingerprint density at radius 1 is 1.30 bits per heavy atom. The van der Waals surface area contributed by atoms with Gasteiger partial charge in [0.15, 0.2) is 5.16 Å². The molecule has 0 saturated heterocycles. The van der Waals surface area contributed by atoms with Crippen LogP contribution in [0.3, 0.4) is 0 Å². The number of hydrogen-bond acceptors (Lipinski definition) is 5. The molecule has 4 rings (SSSR count). The molecule has 6 nitrogen and oxygen atoms in total. The highest BCUT2D eigenvalue weighted by molar-refractivity contribution is 9.10. The van der Waals surface area contributed by atoms with Gasteiger partial charge in [-0.1, -0.05) is 45.9 Å². The van der Waals surface area contributed by atoms with Gasteiger partial charge in [0.25, 0.3) is 5.56 Å². The maximum absolute atomic E-state index is 13.1. The monoisotopic (exact) mass is 487 g/mol. The van der Waals surface area contributed by atoms with Gasteiger partial charge in [0.05, 0.1) is 29.8 Å². The van der Waals surface area contributed by atoms with Gasteiger partial charge in [0.1, 0.15) is 0 Å². The number of fused-ring (bicyclic) bond motifs is 2. The molecule has 1 unspecified atom stereocenters. The van der Waals surface area contributed by atoms with Gasteiger partial charge >= 0.3 is 0 Å². The lowest BCUT2D eigenvalue weighted by Gasteiger charge is -2.22. The van der Waals surface area contributed by atoms with Crippen LogP contribution in [0.5, 0.6) is 0 Å². The predicted octanol–water partition coefficient (Wildman–Crippen LogP) is 3.88. The summed E-state index contributed by atoms with van der Waals surface area (Å²) in [5.41, 5.74) is 2.65. The third kappa shape index (κ3) is 4.04. The number of carbonyl (C=O) groups is 1. The van der Waals surface area contributed by atoms with Crippen molar-refractivity contribution in [2.45, 2.75) is 31.1 Å². The van der Waals surface area contributed by atoms with Crippen LogP contribution in [0.4, 0.5) is 5.69 Å². The van der Waals surface area contributed by atoms with Crippen LogP contribution < -0.4 is 10.5 Å². The van der Waals surface area contributed by atoms with Crippen LogP contribution in [0.2, 0.25) is 0 Å². The second-order valence-electron chi connectivity index (χ2n) is 7.24. The van der Waals surface area contributed by atoms with E-state index in [1.165, 1.54) is 17.3 Å². The number of thioether (sulfide) groups is 1. The van der Waals surface area contributed by atoms with Crippen molar-refractivity contribution in [1.82, 2.24) is 9.55 Å². The molecule has 0 aliphatic carbocycles. The summed E-state index contributed by atoms with van der Waals surface area (Å²) >= 11 is 4.71. The van der Waals surface area contributed by atoms with Crippen LogP contribution in [-0.4, -0.2) is 41.0 Å². The minimum atomic E-state index is -0.131. The van der Waals surface area contributed by atoms with Gasteiger partial charge in [0.2, 0.25) is 5.91 Å². The Morgan fingerprint density at radius 2 is 2.10 bits per heavy atom. The van der Waals surface area contributed by atoms with Gasteiger partial charge < -0.3 is 9.64 Å². The summed E-state index contributed by atoms with van der Waals surface area (Å²) in [6, 6.07) is 13.6. The average Bonchev–Trinajstić information content (AvgIpc) is 3.07. The molecule has 0 bridgehead atoms. The van der Waals surface area contributed by atoms with E-state index in [9.17, 15) is 9.59 Å². The third-order valence-corrected chi connectivity index (χ3v) is 6.66. The summed E-state index contributed by atoms with van der Waals surface area (Å²) in [7, 11) is 1.60. The van der Waals surface area contributed by atoms with Crippen LogP contribution in [-0.2, 0) is 22.5 Å². The highest BCUT2D eigenvalue weighted by atomic mass is 79.9. The third-order valence-electron chi connectivity index (χ3n) is 5.20. The number of halogens is 1. The maximum atomic E-state index is 13.1. The molecule has 0 radical (unpaired) electrons. The fourth-order valence-corrected chi connectivity index (χ4v) is 5.05. The zero-order valence-electron chi connectivity index (χ0n) is 16.8. The lowest BCUT2D eigenvalue weighted by molar-refractivity contribution is -0.116. The van der Waals surface area contributed by atoms with Crippen LogP contribution in [0.1, 0.15) is 12.5 Å². The van der Waals surface area contributed by atoms with E-state index in [-0.39, 0.29) is 23.3 Å². The van der Waals surface area contributed by atoms with Crippen molar-refractivity contribution in [2.24, 2.45) is 0 Å². The van der Waals surface area contributed by atoms with Crippen molar-refractivity contribution < 1.29 is 9.53 Å². The number of hydrogen-bond donors (Lipinski definition) is 0. The topological polar surface area (TPSA) is 64.4 Å². The Labute approximate surface area is 187 Å². The number of aromatic nitrogens is 2. The molecule has 8 heteroatoms. The first-order chi connectivity index (χ1) is 14.5. The molecule has 3 aromatic rings. The number of ether oxygens (including phenoxy) is 1. The molecule has 2 heterocycles. The summed E-state index contributed by atoms with van der Waals surface area (Å²) < 4.78 is 7.59.